The SMILES string of the molecule is COC(=O)c1csc(S(=O)(=O)N2CCN(C(=O)Cc3ccc(-n4cnnn4)cc3)CC2)c1. The largest absolute Gasteiger partial charge is 0.465 e. The first-order chi connectivity index (χ1) is 15.4. The van der Waals surface area contributed by atoms with Crippen molar-refractivity contribution in [2.24, 2.45) is 0 Å². The normalized spacial score (nSPS) is 15.0. The number of aromatic nitrogens is 4. The van der Waals surface area contributed by atoms with Gasteiger partial charge in [0.15, 0.2) is 0 Å². The van der Waals surface area contributed by atoms with Gasteiger partial charge in [0.2, 0.25) is 5.91 Å². The molecule has 1 saturated heterocycles. The minimum absolute atomic E-state index is 0.0682. The highest BCUT2D eigenvalue weighted by atomic mass is 32.2. The molecule has 1 aliphatic heterocycles. The lowest BCUT2D eigenvalue weighted by Crippen LogP contribution is -2.50. The van der Waals surface area contributed by atoms with Gasteiger partial charge in [0, 0.05) is 31.6 Å². The second kappa shape index (κ2) is 9.14. The summed E-state index contributed by atoms with van der Waals surface area (Å²) in [6.07, 6.45) is 1.70. The molecule has 0 N–H and O–H groups in total. The number of hydrogen-bond acceptors (Lipinski definition) is 9. The number of methoxy groups -OCH3 is 1. The van der Waals surface area contributed by atoms with Crippen LogP contribution in [-0.4, -0.2) is 83.0 Å². The van der Waals surface area contributed by atoms with Crippen LogP contribution < -0.4 is 0 Å². The fourth-order valence-corrected chi connectivity index (χ4v) is 6.04. The summed E-state index contributed by atoms with van der Waals surface area (Å²) in [6, 6.07) is 8.65. The highest BCUT2D eigenvalue weighted by molar-refractivity contribution is 7.91. The summed E-state index contributed by atoms with van der Waals surface area (Å²) in [6.45, 7) is 0.988. The average Bonchev–Trinajstić information content (AvgIpc) is 3.52. The number of hydrogen-bond donors (Lipinski definition) is 0. The molecular formula is C19H20N6O5S2. The maximum absolute atomic E-state index is 12.9. The molecule has 0 atom stereocenters. The van der Waals surface area contributed by atoms with Crippen LogP contribution in [0.4, 0.5) is 0 Å². The molecule has 4 rings (SSSR count). The first-order valence-electron chi connectivity index (χ1n) is 9.65. The fourth-order valence-electron chi connectivity index (χ4n) is 3.31. The zero-order valence-corrected chi connectivity index (χ0v) is 18.8. The summed E-state index contributed by atoms with van der Waals surface area (Å²) in [4.78, 5) is 26.0. The van der Waals surface area contributed by atoms with Crippen LogP contribution >= 0.6 is 11.3 Å². The molecule has 13 heteroatoms. The Balaban J connectivity index is 1.34. The molecule has 0 radical (unpaired) electrons. The van der Waals surface area contributed by atoms with E-state index in [9.17, 15) is 18.0 Å². The molecule has 0 aliphatic carbocycles. The standard InChI is InChI=1S/C19H20N6O5S2/c1-30-19(27)15-11-18(31-12-15)32(28,29)24-8-6-23(7-9-24)17(26)10-14-2-4-16(5-3-14)25-13-20-21-22-25/h2-5,11-13H,6-10H2,1H3. The molecule has 1 aromatic carbocycles. The number of sulfonamides is 1. The number of benzene rings is 1. The molecule has 168 valence electrons. The Kier molecular flexibility index (Phi) is 6.30. The van der Waals surface area contributed by atoms with Crippen molar-refractivity contribution in [1.29, 1.82) is 0 Å². The first-order valence-corrected chi connectivity index (χ1v) is 12.0. The van der Waals surface area contributed by atoms with Crippen molar-refractivity contribution in [3.8, 4) is 5.69 Å². The predicted octanol–water partition coefficient (Wildman–Crippen LogP) is 0.586. The van der Waals surface area contributed by atoms with Gasteiger partial charge in [-0.2, -0.15) is 4.31 Å². The number of ether oxygens (including phenoxy) is 1. The van der Waals surface area contributed by atoms with Crippen molar-refractivity contribution in [2.75, 3.05) is 33.3 Å². The van der Waals surface area contributed by atoms with Crippen molar-refractivity contribution in [2.45, 2.75) is 10.6 Å². The number of piperazine rings is 1. The molecule has 0 spiro atoms. The Bertz CT molecular complexity index is 1200. The van der Waals surface area contributed by atoms with E-state index in [0.29, 0.717) is 13.1 Å². The highest BCUT2D eigenvalue weighted by Gasteiger charge is 2.31. The van der Waals surface area contributed by atoms with Gasteiger partial charge < -0.3 is 9.64 Å². The van der Waals surface area contributed by atoms with E-state index >= 15 is 0 Å². The summed E-state index contributed by atoms with van der Waals surface area (Å²) in [7, 11) is -2.49. The van der Waals surface area contributed by atoms with Gasteiger partial charge in [-0.1, -0.05) is 12.1 Å². The van der Waals surface area contributed by atoms with E-state index in [4.69, 9.17) is 0 Å². The minimum atomic E-state index is -3.73. The third kappa shape index (κ3) is 4.54. The van der Waals surface area contributed by atoms with Crippen LogP contribution in [0.1, 0.15) is 15.9 Å². The lowest BCUT2D eigenvalue weighted by atomic mass is 10.1. The van der Waals surface area contributed by atoms with E-state index in [1.165, 1.54) is 33.9 Å². The van der Waals surface area contributed by atoms with E-state index in [1.807, 2.05) is 24.3 Å². The Labute approximate surface area is 188 Å². The van der Waals surface area contributed by atoms with Crippen LogP contribution in [0, 0.1) is 0 Å². The number of carbonyl (C=O) groups excluding carboxylic acids is 2. The topological polar surface area (TPSA) is 128 Å². The van der Waals surface area contributed by atoms with E-state index in [-0.39, 0.29) is 35.2 Å². The Morgan fingerprint density at radius 2 is 1.84 bits per heavy atom. The van der Waals surface area contributed by atoms with Crippen LogP contribution in [0.3, 0.4) is 0 Å². The van der Waals surface area contributed by atoms with E-state index in [2.05, 4.69) is 20.3 Å². The maximum Gasteiger partial charge on any atom is 0.338 e. The lowest BCUT2D eigenvalue weighted by molar-refractivity contribution is -0.131. The van der Waals surface area contributed by atoms with Crippen molar-refractivity contribution in [1.82, 2.24) is 29.4 Å². The average molecular weight is 477 g/mol. The number of esters is 1. The van der Waals surface area contributed by atoms with Gasteiger partial charge in [-0.05, 0) is 34.2 Å². The summed E-state index contributed by atoms with van der Waals surface area (Å²) >= 11 is 0.978. The molecule has 1 fully saturated rings. The van der Waals surface area contributed by atoms with Crippen LogP contribution in [0.25, 0.3) is 5.69 Å². The number of carbonyl (C=O) groups is 2. The van der Waals surface area contributed by atoms with Gasteiger partial charge in [0.1, 0.15) is 10.5 Å². The van der Waals surface area contributed by atoms with Gasteiger partial charge in [0.25, 0.3) is 10.0 Å². The highest BCUT2D eigenvalue weighted by Crippen LogP contribution is 2.25. The predicted molar refractivity (Wildman–Crippen MR) is 114 cm³/mol. The van der Waals surface area contributed by atoms with Crippen molar-refractivity contribution in [3.05, 3.63) is 53.2 Å². The van der Waals surface area contributed by atoms with Gasteiger partial charge in [-0.3, -0.25) is 4.79 Å². The summed E-state index contributed by atoms with van der Waals surface area (Å²) in [5, 5.41) is 12.5. The molecule has 1 aliphatic rings. The minimum Gasteiger partial charge on any atom is -0.465 e. The Morgan fingerprint density at radius 1 is 1.12 bits per heavy atom. The van der Waals surface area contributed by atoms with Crippen LogP contribution in [0.5, 0.6) is 0 Å². The molecule has 1 amide bonds. The molecular weight excluding hydrogens is 456 g/mol. The number of tetrazole rings is 1. The first kappa shape index (κ1) is 22.0. The maximum atomic E-state index is 12.9. The van der Waals surface area contributed by atoms with E-state index < -0.39 is 16.0 Å². The number of nitrogens with zero attached hydrogens (tertiary/aromatic N) is 6. The second-order valence-corrected chi connectivity index (χ2v) is 10.1. The van der Waals surface area contributed by atoms with Gasteiger partial charge in [-0.15, -0.1) is 16.4 Å². The molecule has 2 aromatic heterocycles. The Hall–Kier alpha value is -3.16. The lowest BCUT2D eigenvalue weighted by Gasteiger charge is -2.33. The van der Waals surface area contributed by atoms with Crippen molar-refractivity contribution < 1.29 is 22.7 Å². The molecule has 3 aromatic rings. The summed E-state index contributed by atoms with van der Waals surface area (Å²) in [5.41, 5.74) is 1.83. The molecule has 3 heterocycles. The molecule has 0 saturated carbocycles. The summed E-state index contributed by atoms with van der Waals surface area (Å²) in [5.74, 6) is -0.648. The molecule has 11 nitrogen and oxygen atoms in total. The van der Waals surface area contributed by atoms with Gasteiger partial charge in [-0.25, -0.2) is 17.9 Å². The quantitative estimate of drug-likeness (QED) is 0.473. The third-order valence-corrected chi connectivity index (χ3v) is 8.40. The van der Waals surface area contributed by atoms with Crippen LogP contribution in [0.15, 0.2) is 46.2 Å². The van der Waals surface area contributed by atoms with Crippen molar-refractivity contribution in [3.63, 3.8) is 0 Å². The fraction of sp³-hybridized carbons (Fsp3) is 0.316. The number of thiophene rings is 1. The number of amides is 1. The van der Waals surface area contributed by atoms with Gasteiger partial charge >= 0.3 is 5.97 Å². The zero-order valence-electron chi connectivity index (χ0n) is 17.1. The number of rotatable bonds is 6. The zero-order chi connectivity index (χ0) is 22.7. The van der Waals surface area contributed by atoms with Crippen molar-refractivity contribution >= 4 is 33.2 Å². The smallest absolute Gasteiger partial charge is 0.338 e. The van der Waals surface area contributed by atoms with E-state index in [0.717, 1.165) is 22.6 Å². The van der Waals surface area contributed by atoms with Crippen LogP contribution in [-0.2, 0) is 26.0 Å². The monoisotopic (exact) mass is 476 g/mol. The molecule has 32 heavy (non-hydrogen) atoms. The Morgan fingerprint density at radius 3 is 2.47 bits per heavy atom. The van der Waals surface area contributed by atoms with Gasteiger partial charge in [0.05, 0.1) is 24.8 Å². The van der Waals surface area contributed by atoms with Crippen LogP contribution in [0.2, 0.25) is 0 Å². The summed E-state index contributed by atoms with van der Waals surface area (Å²) < 4.78 is 33.3. The molecule has 0 unspecified atom stereocenters. The third-order valence-electron chi connectivity index (χ3n) is 5.09. The molecule has 0 bridgehead atoms. The second-order valence-electron chi connectivity index (χ2n) is 7.03. The van der Waals surface area contributed by atoms with E-state index in [1.54, 1.807) is 4.90 Å².